The van der Waals surface area contributed by atoms with Crippen LogP contribution in [0, 0.1) is 16.7 Å². The molecule has 9 heteroatoms. The van der Waals surface area contributed by atoms with Crippen molar-refractivity contribution in [3.8, 4) is 6.07 Å². The number of carbonyl (C=O) groups is 1. The third kappa shape index (κ3) is 5.42. The summed E-state index contributed by atoms with van der Waals surface area (Å²) in [6.07, 6.45) is 7.50. The Morgan fingerprint density at radius 1 is 1.16 bits per heavy atom. The fourth-order valence-electron chi connectivity index (χ4n) is 6.24. The van der Waals surface area contributed by atoms with Gasteiger partial charge in [0.15, 0.2) is 0 Å². The van der Waals surface area contributed by atoms with Crippen molar-refractivity contribution in [2.45, 2.75) is 82.5 Å². The first-order chi connectivity index (χ1) is 18.1. The fraction of sp³-hybridized carbons (Fsp3) is 0.586. The van der Waals surface area contributed by atoms with Crippen LogP contribution in [0.1, 0.15) is 62.4 Å². The fourth-order valence-corrected chi connectivity index (χ4v) is 6.69. The van der Waals surface area contributed by atoms with Crippen molar-refractivity contribution in [3.05, 3.63) is 46.6 Å². The van der Waals surface area contributed by atoms with Gasteiger partial charge < -0.3 is 14.5 Å². The first kappa shape index (κ1) is 26.6. The summed E-state index contributed by atoms with van der Waals surface area (Å²) in [4.78, 5) is 26.4. The van der Waals surface area contributed by atoms with Crippen LogP contribution in [0.4, 0.5) is 10.6 Å². The van der Waals surface area contributed by atoms with Crippen LogP contribution < -0.4 is 4.90 Å². The van der Waals surface area contributed by atoms with Gasteiger partial charge in [0.05, 0.1) is 35.0 Å². The molecule has 1 fully saturated rings. The molecule has 1 spiro atoms. The molecule has 2 aromatic rings. The average molecular weight is 536 g/mol. The molecule has 3 atom stereocenters. The van der Waals surface area contributed by atoms with Crippen molar-refractivity contribution in [2.75, 3.05) is 30.8 Å². The minimum absolute atomic E-state index is 0.165. The first-order valence-corrected chi connectivity index (χ1v) is 15.0. The molecule has 8 nitrogen and oxygen atoms in total. The largest absolute Gasteiger partial charge is 0.444 e. The lowest BCUT2D eigenvalue weighted by atomic mass is 9.63. The van der Waals surface area contributed by atoms with Crippen LogP contribution in [0.2, 0.25) is 0 Å². The topological polar surface area (TPSA) is 99.4 Å². The van der Waals surface area contributed by atoms with Crippen LogP contribution in [0.3, 0.4) is 0 Å². The number of aromatic nitrogens is 2. The molecule has 0 radical (unpaired) electrons. The van der Waals surface area contributed by atoms with Crippen LogP contribution in [-0.4, -0.2) is 62.7 Å². The summed E-state index contributed by atoms with van der Waals surface area (Å²) >= 11 is 0. The Morgan fingerprint density at radius 2 is 1.89 bits per heavy atom. The second-order valence-electron chi connectivity index (χ2n) is 12.0. The third-order valence-electron chi connectivity index (χ3n) is 8.10. The standard InChI is InChI=1S/C29H37N5O3S/c1-28(2,3)37-27(35)34-16-15-33(19-22(34)11-14-30)25-23-10-13-29(18-24(23)31-26(32-25)38(4)36)12-9-20-7-5-6-8-21(20)17-29/h5-8,22H,9-13,15-19H2,1-4H3/t22-,29+,38?/m0/s1. The van der Waals surface area contributed by atoms with E-state index in [2.05, 4.69) is 35.2 Å². The number of fused-ring (bicyclic) bond motifs is 2. The van der Waals surface area contributed by atoms with Gasteiger partial charge in [-0.2, -0.15) is 5.26 Å². The van der Waals surface area contributed by atoms with E-state index in [1.807, 2.05) is 20.8 Å². The molecule has 0 saturated carbocycles. The van der Waals surface area contributed by atoms with Gasteiger partial charge in [0.2, 0.25) is 5.16 Å². The number of nitriles is 1. The van der Waals surface area contributed by atoms with E-state index < -0.39 is 22.5 Å². The molecule has 2 aliphatic carbocycles. The van der Waals surface area contributed by atoms with Crippen LogP contribution >= 0.6 is 0 Å². The van der Waals surface area contributed by atoms with E-state index in [9.17, 15) is 14.3 Å². The van der Waals surface area contributed by atoms with Gasteiger partial charge in [-0.05, 0) is 75.8 Å². The summed E-state index contributed by atoms with van der Waals surface area (Å²) in [5.74, 6) is 0.818. The van der Waals surface area contributed by atoms with Crippen molar-refractivity contribution >= 4 is 22.7 Å². The molecule has 1 aliphatic heterocycles. The van der Waals surface area contributed by atoms with Gasteiger partial charge >= 0.3 is 6.09 Å². The molecule has 1 aromatic heterocycles. The SMILES string of the molecule is CS(=O)c1nc2c(c(N3CCN(C(=O)OC(C)(C)C)[C@@H](CC#N)C3)n1)CC[C@@]1(CCc3ccccc3C1)C2. The minimum Gasteiger partial charge on any atom is -0.444 e. The number of piperazine rings is 1. The van der Waals surface area contributed by atoms with Crippen LogP contribution in [0.5, 0.6) is 0 Å². The molecule has 5 rings (SSSR count). The van der Waals surface area contributed by atoms with Gasteiger partial charge in [0.25, 0.3) is 0 Å². The van der Waals surface area contributed by atoms with Crippen LogP contribution in [0.25, 0.3) is 0 Å². The second kappa shape index (κ2) is 10.3. The Bertz CT molecular complexity index is 1300. The average Bonchev–Trinajstić information content (AvgIpc) is 2.87. The summed E-state index contributed by atoms with van der Waals surface area (Å²) in [5, 5.41) is 9.87. The number of benzene rings is 1. The number of carbonyl (C=O) groups excluding carboxylic acids is 1. The van der Waals surface area contributed by atoms with E-state index in [-0.39, 0.29) is 17.9 Å². The smallest absolute Gasteiger partial charge is 0.410 e. The number of amides is 1. The van der Waals surface area contributed by atoms with Crippen molar-refractivity contribution in [1.82, 2.24) is 14.9 Å². The van der Waals surface area contributed by atoms with Crippen LogP contribution in [0.15, 0.2) is 29.4 Å². The molecule has 1 amide bonds. The van der Waals surface area contributed by atoms with Gasteiger partial charge in [-0.15, -0.1) is 0 Å². The molecule has 3 aliphatic rings. The predicted octanol–water partition coefficient (Wildman–Crippen LogP) is 4.22. The van der Waals surface area contributed by atoms with Crippen LogP contribution in [-0.2, 0) is 41.2 Å². The lowest BCUT2D eigenvalue weighted by Gasteiger charge is -2.44. The van der Waals surface area contributed by atoms with E-state index in [4.69, 9.17) is 14.7 Å². The molecular formula is C29H37N5O3S. The molecule has 2 heterocycles. The normalized spacial score (nSPS) is 23.8. The zero-order valence-corrected chi connectivity index (χ0v) is 23.6. The van der Waals surface area contributed by atoms with Gasteiger partial charge in [-0.1, -0.05) is 24.3 Å². The van der Waals surface area contributed by atoms with E-state index in [0.717, 1.165) is 55.6 Å². The van der Waals surface area contributed by atoms with Gasteiger partial charge in [-0.25, -0.2) is 14.8 Å². The van der Waals surface area contributed by atoms with Crippen molar-refractivity contribution < 1.29 is 13.7 Å². The maximum atomic E-state index is 12.9. The molecule has 202 valence electrons. The number of ether oxygens (including phenoxy) is 1. The maximum Gasteiger partial charge on any atom is 0.410 e. The summed E-state index contributed by atoms with van der Waals surface area (Å²) in [6, 6.07) is 10.7. The van der Waals surface area contributed by atoms with E-state index >= 15 is 0 Å². The monoisotopic (exact) mass is 535 g/mol. The summed E-state index contributed by atoms with van der Waals surface area (Å²) in [6.45, 7) is 7.02. The summed E-state index contributed by atoms with van der Waals surface area (Å²) in [7, 11) is -1.32. The molecule has 0 bridgehead atoms. The molecule has 0 N–H and O–H groups in total. The highest BCUT2D eigenvalue weighted by atomic mass is 32.2. The number of aryl methyl sites for hydroxylation is 1. The van der Waals surface area contributed by atoms with Gasteiger partial charge in [-0.3, -0.25) is 4.21 Å². The Kier molecular flexibility index (Phi) is 7.21. The zero-order valence-electron chi connectivity index (χ0n) is 22.8. The lowest BCUT2D eigenvalue weighted by Crippen LogP contribution is -2.56. The Labute approximate surface area is 227 Å². The van der Waals surface area contributed by atoms with Crippen molar-refractivity contribution in [3.63, 3.8) is 0 Å². The number of anilines is 1. The first-order valence-electron chi connectivity index (χ1n) is 13.5. The molecule has 38 heavy (non-hydrogen) atoms. The summed E-state index contributed by atoms with van der Waals surface area (Å²) in [5.41, 5.74) is 4.59. The van der Waals surface area contributed by atoms with Crippen molar-refractivity contribution in [1.29, 1.82) is 5.26 Å². The molecule has 1 saturated heterocycles. The van der Waals surface area contributed by atoms with E-state index in [1.54, 1.807) is 11.2 Å². The Balaban J connectivity index is 1.43. The number of rotatable bonds is 3. The number of hydrogen-bond donors (Lipinski definition) is 0. The number of hydrogen-bond acceptors (Lipinski definition) is 7. The molecule has 1 unspecified atom stereocenters. The highest BCUT2D eigenvalue weighted by Gasteiger charge is 2.41. The van der Waals surface area contributed by atoms with Crippen molar-refractivity contribution in [2.24, 2.45) is 5.41 Å². The molecule has 1 aromatic carbocycles. The zero-order chi connectivity index (χ0) is 27.1. The minimum atomic E-state index is -1.32. The Hall–Kier alpha value is -2.99. The number of nitrogens with zero attached hydrogens (tertiary/aromatic N) is 5. The second-order valence-corrected chi connectivity index (χ2v) is 13.2. The highest BCUT2D eigenvalue weighted by Crippen LogP contribution is 2.46. The van der Waals surface area contributed by atoms with E-state index in [1.165, 1.54) is 11.1 Å². The maximum absolute atomic E-state index is 12.9. The van der Waals surface area contributed by atoms with E-state index in [0.29, 0.717) is 24.8 Å². The quantitative estimate of drug-likeness (QED) is 0.543. The molecular weight excluding hydrogens is 498 g/mol. The third-order valence-corrected chi connectivity index (χ3v) is 8.80. The van der Waals surface area contributed by atoms with Gasteiger partial charge in [0.1, 0.15) is 11.4 Å². The highest BCUT2D eigenvalue weighted by molar-refractivity contribution is 7.84. The summed E-state index contributed by atoms with van der Waals surface area (Å²) < 4.78 is 18.2. The lowest BCUT2D eigenvalue weighted by molar-refractivity contribution is 0.0144. The predicted molar refractivity (Wildman–Crippen MR) is 146 cm³/mol. The van der Waals surface area contributed by atoms with Gasteiger partial charge in [0, 0.05) is 31.5 Å². The Morgan fingerprint density at radius 3 is 2.61 bits per heavy atom.